The molecule has 3 rings (SSSR count). The third-order valence-corrected chi connectivity index (χ3v) is 5.11. The van der Waals surface area contributed by atoms with Crippen molar-refractivity contribution in [2.45, 2.75) is 6.43 Å². The molecule has 2 nitrogen and oxygen atoms in total. The third kappa shape index (κ3) is 3.06. The van der Waals surface area contributed by atoms with Gasteiger partial charge in [0.25, 0.3) is 6.43 Å². The molecule has 0 unspecified atom stereocenters. The smallest absolute Gasteiger partial charge is 0.230 e. The molecule has 0 atom stereocenters. The zero-order valence-electron chi connectivity index (χ0n) is 10.7. The van der Waals surface area contributed by atoms with Gasteiger partial charge in [-0.1, -0.05) is 23.2 Å². The molecule has 0 fully saturated rings. The van der Waals surface area contributed by atoms with Crippen molar-refractivity contribution in [2.75, 3.05) is 0 Å². The molecule has 1 aromatic carbocycles. The predicted molar refractivity (Wildman–Crippen MR) is 89.6 cm³/mol. The summed E-state index contributed by atoms with van der Waals surface area (Å²) in [5.74, 6) is 0. The Balaban J connectivity index is 2.23. The van der Waals surface area contributed by atoms with Gasteiger partial charge < -0.3 is 0 Å². The van der Waals surface area contributed by atoms with E-state index in [1.807, 2.05) is 12.1 Å². The van der Waals surface area contributed by atoms with E-state index in [4.69, 9.17) is 23.2 Å². The number of hydrogen-bond acceptors (Lipinski definition) is 2. The molecule has 0 saturated carbocycles. The van der Waals surface area contributed by atoms with Crippen LogP contribution in [0.4, 0.5) is 8.78 Å². The van der Waals surface area contributed by atoms with Gasteiger partial charge in [0.2, 0.25) is 0 Å². The average Bonchev–Trinajstić information content (AvgIpc) is 3.07. The number of rotatable bonds is 3. The van der Waals surface area contributed by atoms with E-state index in [9.17, 15) is 8.78 Å². The van der Waals surface area contributed by atoms with Crippen molar-refractivity contribution in [3.8, 4) is 16.3 Å². The summed E-state index contributed by atoms with van der Waals surface area (Å²) < 4.78 is 28.4. The van der Waals surface area contributed by atoms with E-state index in [0.29, 0.717) is 21.4 Å². The standard InChI is InChI=1S/C14H7BrCl2F2N2S/c15-13-4-3-12(22-13)11-6-9(14(18)19)20-21(11)10-5-7(16)1-2-8(10)17/h1-6,14H. The fourth-order valence-electron chi connectivity index (χ4n) is 1.97. The molecule has 0 aliphatic carbocycles. The highest BCUT2D eigenvalue weighted by Crippen LogP contribution is 2.36. The summed E-state index contributed by atoms with van der Waals surface area (Å²) in [6, 6.07) is 9.87. The van der Waals surface area contributed by atoms with E-state index >= 15 is 0 Å². The molecule has 2 aromatic heterocycles. The predicted octanol–water partition coefficient (Wildman–Crippen LogP) is 6.61. The van der Waals surface area contributed by atoms with Crippen LogP contribution in [0, 0.1) is 0 Å². The minimum Gasteiger partial charge on any atom is -0.230 e. The van der Waals surface area contributed by atoms with Crippen molar-refractivity contribution in [1.29, 1.82) is 0 Å². The highest BCUT2D eigenvalue weighted by molar-refractivity contribution is 9.11. The van der Waals surface area contributed by atoms with Crippen molar-refractivity contribution in [2.24, 2.45) is 0 Å². The normalized spacial score (nSPS) is 11.4. The van der Waals surface area contributed by atoms with Gasteiger partial charge in [0.05, 0.1) is 25.1 Å². The Bertz CT molecular complexity index is 832. The van der Waals surface area contributed by atoms with Crippen molar-refractivity contribution in [3.63, 3.8) is 0 Å². The lowest BCUT2D eigenvalue weighted by atomic mass is 10.2. The second kappa shape index (κ2) is 6.28. The van der Waals surface area contributed by atoms with Crippen LogP contribution in [0.1, 0.15) is 12.1 Å². The Labute approximate surface area is 147 Å². The molecule has 0 aliphatic heterocycles. The van der Waals surface area contributed by atoms with Gasteiger partial charge in [-0.3, -0.25) is 0 Å². The van der Waals surface area contributed by atoms with Crippen LogP contribution in [0.15, 0.2) is 40.2 Å². The van der Waals surface area contributed by atoms with Crippen molar-refractivity contribution in [1.82, 2.24) is 9.78 Å². The lowest BCUT2D eigenvalue weighted by molar-refractivity contribution is 0.145. The van der Waals surface area contributed by atoms with Gasteiger partial charge in [0.15, 0.2) is 0 Å². The summed E-state index contributed by atoms with van der Waals surface area (Å²) in [6.07, 6.45) is -2.67. The molecule has 0 saturated heterocycles. The lowest BCUT2D eigenvalue weighted by Crippen LogP contribution is -2.00. The number of hydrogen-bond donors (Lipinski definition) is 0. The van der Waals surface area contributed by atoms with E-state index in [2.05, 4.69) is 21.0 Å². The van der Waals surface area contributed by atoms with E-state index < -0.39 is 6.43 Å². The Hall–Kier alpha value is -0.950. The highest BCUT2D eigenvalue weighted by Gasteiger charge is 2.20. The second-order valence-corrected chi connectivity index (χ2v) is 7.67. The van der Waals surface area contributed by atoms with Crippen LogP contribution in [-0.2, 0) is 0 Å². The van der Waals surface area contributed by atoms with Crippen LogP contribution >= 0.6 is 50.5 Å². The molecule has 22 heavy (non-hydrogen) atoms. The number of halogens is 5. The summed E-state index contributed by atoms with van der Waals surface area (Å²) in [5, 5.41) is 4.81. The summed E-state index contributed by atoms with van der Waals surface area (Å²) in [6.45, 7) is 0. The van der Waals surface area contributed by atoms with Crippen LogP contribution in [0.2, 0.25) is 10.0 Å². The van der Waals surface area contributed by atoms with Crippen LogP contribution in [-0.4, -0.2) is 9.78 Å². The Morgan fingerprint density at radius 3 is 2.55 bits per heavy atom. The maximum atomic E-state index is 13.0. The van der Waals surface area contributed by atoms with E-state index in [1.54, 1.807) is 18.2 Å². The summed E-state index contributed by atoms with van der Waals surface area (Å²) in [7, 11) is 0. The Morgan fingerprint density at radius 2 is 1.91 bits per heavy atom. The van der Waals surface area contributed by atoms with Gasteiger partial charge in [-0.05, 0) is 52.3 Å². The molecule has 0 bridgehead atoms. The first-order valence-corrected chi connectivity index (χ1v) is 8.41. The summed E-state index contributed by atoms with van der Waals surface area (Å²) in [5.41, 5.74) is 0.686. The first-order valence-electron chi connectivity index (χ1n) is 6.05. The zero-order valence-corrected chi connectivity index (χ0v) is 14.6. The van der Waals surface area contributed by atoms with Crippen LogP contribution < -0.4 is 0 Å². The van der Waals surface area contributed by atoms with Crippen molar-refractivity contribution in [3.05, 3.63) is 55.9 Å². The number of benzene rings is 1. The SMILES string of the molecule is FC(F)c1cc(-c2ccc(Br)s2)n(-c2cc(Cl)ccc2Cl)n1. The van der Waals surface area contributed by atoms with Gasteiger partial charge in [-0.25, -0.2) is 13.5 Å². The number of aromatic nitrogens is 2. The molecule has 3 aromatic rings. The maximum absolute atomic E-state index is 13.0. The molecule has 8 heteroatoms. The van der Waals surface area contributed by atoms with Crippen LogP contribution in [0.25, 0.3) is 16.3 Å². The van der Waals surface area contributed by atoms with Gasteiger partial charge in [0, 0.05) is 5.02 Å². The van der Waals surface area contributed by atoms with Gasteiger partial charge in [-0.2, -0.15) is 5.10 Å². The van der Waals surface area contributed by atoms with Gasteiger partial charge >= 0.3 is 0 Å². The van der Waals surface area contributed by atoms with Crippen LogP contribution in [0.5, 0.6) is 0 Å². The minimum absolute atomic E-state index is 0.310. The molecule has 0 amide bonds. The lowest BCUT2D eigenvalue weighted by Gasteiger charge is -2.08. The minimum atomic E-state index is -2.67. The van der Waals surface area contributed by atoms with Gasteiger partial charge in [0.1, 0.15) is 5.69 Å². The average molecular weight is 424 g/mol. The molecule has 0 aliphatic rings. The zero-order chi connectivity index (χ0) is 15.9. The molecule has 0 radical (unpaired) electrons. The van der Waals surface area contributed by atoms with E-state index in [-0.39, 0.29) is 5.69 Å². The van der Waals surface area contributed by atoms with E-state index in [0.717, 1.165) is 8.66 Å². The largest absolute Gasteiger partial charge is 0.282 e. The fourth-order valence-corrected chi connectivity index (χ4v) is 3.72. The molecule has 0 N–H and O–H groups in total. The molecule has 2 heterocycles. The number of thiophene rings is 1. The quantitative estimate of drug-likeness (QED) is 0.463. The van der Waals surface area contributed by atoms with Crippen molar-refractivity contribution >= 4 is 50.5 Å². The molecule has 0 spiro atoms. The number of alkyl halides is 2. The van der Waals surface area contributed by atoms with E-state index in [1.165, 1.54) is 22.1 Å². The summed E-state index contributed by atoms with van der Waals surface area (Å²) >= 11 is 16.9. The Morgan fingerprint density at radius 1 is 1.14 bits per heavy atom. The van der Waals surface area contributed by atoms with Gasteiger partial charge in [-0.15, -0.1) is 11.3 Å². The molecule has 114 valence electrons. The second-order valence-electron chi connectivity index (χ2n) is 4.37. The fraction of sp³-hybridized carbons (Fsp3) is 0.0714. The first-order chi connectivity index (χ1) is 10.5. The third-order valence-electron chi connectivity index (χ3n) is 2.91. The monoisotopic (exact) mass is 422 g/mol. The molecular formula is C14H7BrCl2F2N2S. The maximum Gasteiger partial charge on any atom is 0.282 e. The highest BCUT2D eigenvalue weighted by atomic mass is 79.9. The van der Waals surface area contributed by atoms with Crippen LogP contribution in [0.3, 0.4) is 0 Å². The summed E-state index contributed by atoms with van der Waals surface area (Å²) in [4.78, 5) is 0.794. The Kier molecular flexibility index (Phi) is 4.54. The topological polar surface area (TPSA) is 17.8 Å². The molecular weight excluding hydrogens is 417 g/mol. The first kappa shape index (κ1) is 15.9. The number of nitrogens with zero attached hydrogens (tertiary/aromatic N) is 2. The van der Waals surface area contributed by atoms with Crippen molar-refractivity contribution < 1.29 is 8.78 Å².